The molecule has 1 aliphatic heterocycles. The molecular weight excluding hydrogens is 238 g/mol. The number of nitrogens with zero attached hydrogens (tertiary/aromatic N) is 2. The predicted octanol–water partition coefficient (Wildman–Crippen LogP) is 2.16. The molecule has 3 atom stereocenters. The maximum Gasteiger partial charge on any atom is 0.105 e. The molecule has 0 radical (unpaired) electrons. The van der Waals surface area contributed by atoms with Gasteiger partial charge in [0.05, 0.1) is 12.2 Å². The molecule has 1 N–H and O–H groups in total. The topological polar surface area (TPSA) is 48.3 Å². The number of rotatable bonds is 7. The van der Waals surface area contributed by atoms with Crippen molar-refractivity contribution in [1.82, 2.24) is 10.2 Å². The van der Waals surface area contributed by atoms with Crippen LogP contribution in [0, 0.1) is 11.3 Å². The van der Waals surface area contributed by atoms with E-state index in [-0.39, 0.29) is 0 Å². The minimum Gasteiger partial charge on any atom is -0.377 e. The van der Waals surface area contributed by atoms with Gasteiger partial charge in [-0.25, -0.2) is 0 Å². The van der Waals surface area contributed by atoms with Crippen molar-refractivity contribution in [3.63, 3.8) is 0 Å². The Bertz CT molecular complexity index is 300. The summed E-state index contributed by atoms with van der Waals surface area (Å²) < 4.78 is 5.74. The van der Waals surface area contributed by atoms with E-state index in [0.29, 0.717) is 12.1 Å². The van der Waals surface area contributed by atoms with Gasteiger partial charge in [0.2, 0.25) is 0 Å². The van der Waals surface area contributed by atoms with Gasteiger partial charge in [-0.3, -0.25) is 10.2 Å². The Morgan fingerprint density at radius 2 is 2.26 bits per heavy atom. The van der Waals surface area contributed by atoms with Crippen molar-refractivity contribution in [1.29, 1.82) is 5.26 Å². The Balaban J connectivity index is 2.52. The van der Waals surface area contributed by atoms with Crippen LogP contribution in [-0.4, -0.2) is 48.8 Å². The van der Waals surface area contributed by atoms with Crippen molar-refractivity contribution >= 4 is 0 Å². The van der Waals surface area contributed by atoms with E-state index < -0.39 is 5.54 Å². The Kier molecular flexibility index (Phi) is 6.78. The second-order valence-electron chi connectivity index (χ2n) is 5.74. The Labute approximate surface area is 118 Å². The minimum absolute atomic E-state index is 0.369. The van der Waals surface area contributed by atoms with Crippen LogP contribution in [0.4, 0.5) is 0 Å². The molecule has 1 rings (SSSR count). The standard InChI is InChI=1S/C15H29N3O/c1-5-17-15(4,12-16)10-13(3)18-9-7-8-14(11-18)19-6-2/h13-14,17H,5-11H2,1-4H3. The highest BCUT2D eigenvalue weighted by molar-refractivity contribution is 5.05. The van der Waals surface area contributed by atoms with Crippen molar-refractivity contribution < 1.29 is 4.74 Å². The number of hydrogen-bond acceptors (Lipinski definition) is 4. The summed E-state index contributed by atoms with van der Waals surface area (Å²) in [6.45, 7) is 12.1. The lowest BCUT2D eigenvalue weighted by Gasteiger charge is -2.39. The molecule has 0 amide bonds. The highest BCUT2D eigenvalue weighted by atomic mass is 16.5. The lowest BCUT2D eigenvalue weighted by molar-refractivity contribution is -0.00810. The molecule has 0 bridgehead atoms. The van der Waals surface area contributed by atoms with Crippen molar-refractivity contribution in [2.45, 2.75) is 64.6 Å². The van der Waals surface area contributed by atoms with Gasteiger partial charge in [0.15, 0.2) is 0 Å². The van der Waals surface area contributed by atoms with Gasteiger partial charge in [-0.05, 0) is 53.1 Å². The van der Waals surface area contributed by atoms with Gasteiger partial charge in [0.25, 0.3) is 0 Å². The molecule has 4 nitrogen and oxygen atoms in total. The summed E-state index contributed by atoms with van der Waals surface area (Å²) in [5, 5.41) is 12.6. The SMILES string of the molecule is CCNC(C)(C#N)CC(C)N1CCCC(OCC)C1. The number of nitriles is 1. The number of hydrogen-bond donors (Lipinski definition) is 1. The second kappa shape index (κ2) is 7.84. The summed E-state index contributed by atoms with van der Waals surface area (Å²) in [5.41, 5.74) is -0.424. The highest BCUT2D eigenvalue weighted by Gasteiger charge is 2.30. The molecule has 1 fully saturated rings. The third kappa shape index (κ3) is 5.10. The van der Waals surface area contributed by atoms with Crippen LogP contribution in [-0.2, 0) is 4.74 Å². The van der Waals surface area contributed by atoms with Gasteiger partial charge in [-0.1, -0.05) is 6.92 Å². The molecule has 0 aliphatic carbocycles. The Hall–Kier alpha value is -0.630. The molecule has 0 saturated carbocycles. The number of ether oxygens (including phenoxy) is 1. The van der Waals surface area contributed by atoms with Crippen LogP contribution in [0.1, 0.15) is 47.0 Å². The molecular formula is C15H29N3O. The van der Waals surface area contributed by atoms with Crippen LogP contribution in [0.5, 0.6) is 0 Å². The lowest BCUT2D eigenvalue weighted by Crippen LogP contribution is -2.50. The van der Waals surface area contributed by atoms with E-state index in [1.54, 1.807) is 0 Å². The van der Waals surface area contributed by atoms with E-state index in [9.17, 15) is 5.26 Å². The van der Waals surface area contributed by atoms with E-state index in [1.165, 1.54) is 12.8 Å². The summed E-state index contributed by atoms with van der Waals surface area (Å²) >= 11 is 0. The first kappa shape index (κ1) is 16.4. The minimum atomic E-state index is -0.424. The fraction of sp³-hybridized carbons (Fsp3) is 0.933. The smallest absolute Gasteiger partial charge is 0.105 e. The molecule has 1 aliphatic rings. The molecule has 0 aromatic rings. The summed E-state index contributed by atoms with van der Waals surface area (Å²) in [6.07, 6.45) is 3.59. The van der Waals surface area contributed by atoms with Crippen LogP contribution in [0.15, 0.2) is 0 Å². The van der Waals surface area contributed by atoms with Gasteiger partial charge in [0, 0.05) is 19.2 Å². The largest absolute Gasteiger partial charge is 0.377 e. The lowest BCUT2D eigenvalue weighted by atomic mass is 9.93. The molecule has 0 aromatic carbocycles. The molecule has 110 valence electrons. The van der Waals surface area contributed by atoms with E-state index in [0.717, 1.165) is 32.7 Å². The van der Waals surface area contributed by atoms with Crippen molar-refractivity contribution in [3.8, 4) is 6.07 Å². The van der Waals surface area contributed by atoms with Gasteiger partial charge in [0.1, 0.15) is 5.54 Å². The van der Waals surface area contributed by atoms with Crippen molar-refractivity contribution in [2.75, 3.05) is 26.2 Å². The van der Waals surface area contributed by atoms with Crippen LogP contribution in [0.2, 0.25) is 0 Å². The number of piperidine rings is 1. The quantitative estimate of drug-likeness (QED) is 0.768. The highest BCUT2D eigenvalue weighted by Crippen LogP contribution is 2.21. The van der Waals surface area contributed by atoms with E-state index in [4.69, 9.17) is 4.74 Å². The van der Waals surface area contributed by atoms with Crippen LogP contribution in [0.3, 0.4) is 0 Å². The van der Waals surface area contributed by atoms with Gasteiger partial charge in [-0.2, -0.15) is 5.26 Å². The molecule has 1 saturated heterocycles. The maximum absolute atomic E-state index is 9.34. The monoisotopic (exact) mass is 267 g/mol. The summed E-state index contributed by atoms with van der Waals surface area (Å²) in [4.78, 5) is 2.47. The number of nitrogens with one attached hydrogen (secondary N) is 1. The zero-order valence-electron chi connectivity index (χ0n) is 12.9. The van der Waals surface area contributed by atoms with Crippen molar-refractivity contribution in [3.05, 3.63) is 0 Å². The van der Waals surface area contributed by atoms with Crippen LogP contribution >= 0.6 is 0 Å². The average molecular weight is 267 g/mol. The summed E-state index contributed by atoms with van der Waals surface area (Å²) in [6, 6.07) is 2.83. The maximum atomic E-state index is 9.34. The Morgan fingerprint density at radius 3 is 2.84 bits per heavy atom. The van der Waals surface area contributed by atoms with E-state index in [1.807, 2.05) is 13.8 Å². The van der Waals surface area contributed by atoms with Gasteiger partial charge < -0.3 is 4.74 Å². The first-order valence-corrected chi connectivity index (χ1v) is 7.56. The van der Waals surface area contributed by atoms with Gasteiger partial charge >= 0.3 is 0 Å². The zero-order valence-corrected chi connectivity index (χ0v) is 12.9. The molecule has 1 heterocycles. The molecule has 19 heavy (non-hydrogen) atoms. The van der Waals surface area contributed by atoms with Gasteiger partial charge in [-0.15, -0.1) is 0 Å². The molecule has 0 aromatic heterocycles. The molecule has 0 spiro atoms. The fourth-order valence-corrected chi connectivity index (χ4v) is 3.01. The van der Waals surface area contributed by atoms with E-state index in [2.05, 4.69) is 30.1 Å². The first-order valence-electron chi connectivity index (χ1n) is 7.56. The third-order valence-corrected chi connectivity index (χ3v) is 3.95. The molecule has 4 heteroatoms. The predicted molar refractivity (Wildman–Crippen MR) is 78.0 cm³/mol. The first-order chi connectivity index (χ1) is 9.04. The normalized spacial score (nSPS) is 25.5. The molecule has 3 unspecified atom stereocenters. The Morgan fingerprint density at radius 1 is 1.53 bits per heavy atom. The summed E-state index contributed by atoms with van der Waals surface area (Å²) in [5.74, 6) is 0. The zero-order chi connectivity index (χ0) is 14.3. The van der Waals surface area contributed by atoms with Crippen molar-refractivity contribution in [2.24, 2.45) is 0 Å². The third-order valence-electron chi connectivity index (χ3n) is 3.95. The number of likely N-dealkylation sites (tertiary alicyclic amines) is 1. The fourth-order valence-electron chi connectivity index (χ4n) is 3.01. The van der Waals surface area contributed by atoms with Crippen LogP contribution < -0.4 is 5.32 Å². The van der Waals surface area contributed by atoms with Crippen LogP contribution in [0.25, 0.3) is 0 Å². The average Bonchev–Trinajstić information content (AvgIpc) is 2.39. The second-order valence-corrected chi connectivity index (χ2v) is 5.74. The summed E-state index contributed by atoms with van der Waals surface area (Å²) in [7, 11) is 0. The van der Waals surface area contributed by atoms with E-state index >= 15 is 0 Å².